The molecule has 2 heteroatoms. The monoisotopic (exact) mass is 197 g/mol. The van der Waals surface area contributed by atoms with Crippen molar-refractivity contribution in [1.82, 2.24) is 5.43 Å². The highest BCUT2D eigenvalue weighted by atomic mass is 15.5. The van der Waals surface area contributed by atoms with Crippen LogP contribution >= 0.6 is 0 Å². The Labute approximate surface area is 89.5 Å². The second kappa shape index (κ2) is 3.55. The van der Waals surface area contributed by atoms with Crippen molar-refractivity contribution in [1.29, 1.82) is 0 Å². The van der Waals surface area contributed by atoms with Gasteiger partial charge in [-0.25, -0.2) is 5.43 Å². The van der Waals surface area contributed by atoms with E-state index in [1.807, 2.05) is 0 Å². The lowest BCUT2D eigenvalue weighted by Crippen LogP contribution is -2.30. The first kappa shape index (κ1) is 8.74. The molecule has 2 aromatic carbocycles. The van der Waals surface area contributed by atoms with Crippen LogP contribution in [0.3, 0.4) is 0 Å². The van der Waals surface area contributed by atoms with Crippen molar-refractivity contribution < 1.29 is 0 Å². The first-order valence-electron chi connectivity index (χ1n) is 5.36. The van der Waals surface area contributed by atoms with Gasteiger partial charge >= 0.3 is 0 Å². The van der Waals surface area contributed by atoms with Gasteiger partial charge in [0.2, 0.25) is 0 Å². The van der Waals surface area contributed by atoms with Crippen molar-refractivity contribution in [2.75, 3.05) is 18.1 Å². The third kappa shape index (κ3) is 1.57. The Morgan fingerprint density at radius 2 is 2.07 bits per heavy atom. The molecule has 2 nitrogen and oxygen atoms in total. The summed E-state index contributed by atoms with van der Waals surface area (Å²) in [6.45, 7) is 2.15. The Balaban J connectivity index is 2.05. The highest BCUT2D eigenvalue weighted by Gasteiger charge is 2.11. The first-order valence-corrected chi connectivity index (χ1v) is 5.36. The van der Waals surface area contributed by atoms with Crippen molar-refractivity contribution in [2.45, 2.75) is 6.42 Å². The summed E-state index contributed by atoms with van der Waals surface area (Å²) in [4.78, 5) is 0. The summed E-state index contributed by atoms with van der Waals surface area (Å²) in [6.07, 6.45) is 1.21. The third-order valence-corrected chi connectivity index (χ3v) is 2.80. The molecule has 15 heavy (non-hydrogen) atoms. The summed E-state index contributed by atoms with van der Waals surface area (Å²) in [6, 6.07) is 16.1. The minimum absolute atomic E-state index is 1.07. The number of fused-ring (bicyclic) bond motifs is 1. The molecule has 1 saturated heterocycles. The Kier molecular flexibility index (Phi) is 2.07. The van der Waals surface area contributed by atoms with Gasteiger partial charge in [0.25, 0.3) is 0 Å². The zero-order valence-electron chi connectivity index (χ0n) is 8.53. The predicted molar refractivity (Wildman–Crippen MR) is 62.7 cm³/mol. The Hall–Kier alpha value is -1.54. The fourth-order valence-electron chi connectivity index (χ4n) is 2.00. The molecule has 1 fully saturated rings. The highest BCUT2D eigenvalue weighted by Crippen LogP contribution is 2.21. The molecule has 0 spiro atoms. The lowest BCUT2D eigenvalue weighted by atomic mass is 10.1. The van der Waals surface area contributed by atoms with E-state index >= 15 is 0 Å². The predicted octanol–water partition coefficient (Wildman–Crippen LogP) is 2.35. The normalized spacial score (nSPS) is 16.1. The maximum Gasteiger partial charge on any atom is 0.0605 e. The molecule has 1 aliphatic heterocycles. The van der Waals surface area contributed by atoms with Crippen LogP contribution in [0, 0.1) is 6.07 Å². The fourth-order valence-corrected chi connectivity index (χ4v) is 2.00. The van der Waals surface area contributed by atoms with Crippen LogP contribution in [0.2, 0.25) is 0 Å². The van der Waals surface area contributed by atoms with Gasteiger partial charge in [-0.3, -0.25) is 0 Å². The highest BCUT2D eigenvalue weighted by molar-refractivity contribution is 5.85. The standard InChI is InChI=1S/C13H13N2/c1-2-5-12-10-13(7-6-11(12)4-1)15-9-3-8-14-15/h1-2,4-7,14H,3,8-9H2. The molecule has 0 aliphatic carbocycles. The maximum atomic E-state index is 3.43. The second-order valence-electron chi connectivity index (χ2n) is 3.84. The first-order chi connectivity index (χ1) is 7.43. The largest absolute Gasteiger partial charge is 0.308 e. The van der Waals surface area contributed by atoms with E-state index in [1.165, 1.54) is 17.2 Å². The van der Waals surface area contributed by atoms with E-state index in [9.17, 15) is 0 Å². The molecule has 1 aliphatic rings. The Morgan fingerprint density at radius 3 is 2.93 bits per heavy atom. The molecule has 1 N–H and O–H groups in total. The molecule has 2 aromatic rings. The van der Waals surface area contributed by atoms with Crippen molar-refractivity contribution in [2.24, 2.45) is 0 Å². The van der Waals surface area contributed by atoms with Crippen LogP contribution in [-0.2, 0) is 0 Å². The molecular weight excluding hydrogens is 184 g/mol. The van der Waals surface area contributed by atoms with Crippen LogP contribution in [0.4, 0.5) is 5.69 Å². The molecule has 0 aromatic heterocycles. The SMILES string of the molecule is [c]1c(N2CCCN2)ccc2ccccc12. The zero-order valence-corrected chi connectivity index (χ0v) is 8.53. The summed E-state index contributed by atoms with van der Waals surface area (Å²) in [5.74, 6) is 0. The van der Waals surface area contributed by atoms with Crippen LogP contribution in [0.5, 0.6) is 0 Å². The van der Waals surface area contributed by atoms with Crippen LogP contribution in [0.15, 0.2) is 36.4 Å². The van der Waals surface area contributed by atoms with Gasteiger partial charge in [0.15, 0.2) is 0 Å². The molecule has 0 bridgehead atoms. The Bertz CT molecular complexity index is 473. The van der Waals surface area contributed by atoms with Gasteiger partial charge in [-0.05, 0) is 23.3 Å². The van der Waals surface area contributed by atoms with Crippen molar-refractivity contribution in [3.63, 3.8) is 0 Å². The molecule has 75 valence electrons. The molecule has 0 amide bonds. The summed E-state index contributed by atoms with van der Waals surface area (Å²) in [5.41, 5.74) is 4.48. The van der Waals surface area contributed by atoms with Crippen LogP contribution in [-0.4, -0.2) is 13.1 Å². The van der Waals surface area contributed by atoms with Gasteiger partial charge in [0.1, 0.15) is 0 Å². The van der Waals surface area contributed by atoms with Crippen molar-refractivity contribution in [3.05, 3.63) is 42.5 Å². The minimum Gasteiger partial charge on any atom is -0.308 e. The van der Waals surface area contributed by atoms with E-state index in [1.54, 1.807) is 0 Å². The lowest BCUT2D eigenvalue weighted by molar-refractivity contribution is 0.787. The van der Waals surface area contributed by atoms with Crippen molar-refractivity contribution >= 4 is 16.5 Å². The van der Waals surface area contributed by atoms with Gasteiger partial charge in [0, 0.05) is 19.2 Å². The van der Waals surface area contributed by atoms with Gasteiger partial charge in [-0.1, -0.05) is 30.3 Å². The lowest BCUT2D eigenvalue weighted by Gasteiger charge is -2.17. The van der Waals surface area contributed by atoms with E-state index in [2.05, 4.69) is 52.9 Å². The summed E-state index contributed by atoms with van der Waals surface area (Å²) < 4.78 is 0. The molecule has 0 unspecified atom stereocenters. The number of benzene rings is 2. The molecular formula is C13H13N2. The average Bonchev–Trinajstić information content (AvgIpc) is 2.82. The molecule has 0 atom stereocenters. The summed E-state index contributed by atoms with van der Waals surface area (Å²) in [7, 11) is 0. The zero-order chi connectivity index (χ0) is 10.1. The van der Waals surface area contributed by atoms with E-state index < -0.39 is 0 Å². The molecule has 0 saturated carbocycles. The topological polar surface area (TPSA) is 15.3 Å². The second-order valence-corrected chi connectivity index (χ2v) is 3.84. The number of hydrogen-bond acceptors (Lipinski definition) is 2. The fraction of sp³-hybridized carbons (Fsp3) is 0.231. The van der Waals surface area contributed by atoms with Gasteiger partial charge in [-0.2, -0.15) is 0 Å². The Morgan fingerprint density at radius 1 is 1.13 bits per heavy atom. The smallest absolute Gasteiger partial charge is 0.0605 e. The molecule has 3 rings (SSSR count). The van der Waals surface area contributed by atoms with Gasteiger partial charge < -0.3 is 5.01 Å². The summed E-state index contributed by atoms with van der Waals surface area (Å²) in [5, 5.41) is 4.61. The number of nitrogens with zero attached hydrogens (tertiary/aromatic N) is 1. The van der Waals surface area contributed by atoms with Crippen LogP contribution in [0.1, 0.15) is 6.42 Å². The van der Waals surface area contributed by atoms with Gasteiger partial charge in [0.05, 0.1) is 5.69 Å². The minimum atomic E-state index is 1.07. The maximum absolute atomic E-state index is 3.43. The van der Waals surface area contributed by atoms with E-state index in [-0.39, 0.29) is 0 Å². The number of hydrogen-bond donors (Lipinski definition) is 1. The van der Waals surface area contributed by atoms with E-state index in [0.29, 0.717) is 0 Å². The third-order valence-electron chi connectivity index (χ3n) is 2.80. The number of nitrogens with one attached hydrogen (secondary N) is 1. The number of rotatable bonds is 1. The average molecular weight is 197 g/mol. The molecule has 1 radical (unpaired) electrons. The van der Waals surface area contributed by atoms with E-state index in [4.69, 9.17) is 0 Å². The summed E-state index contributed by atoms with van der Waals surface area (Å²) >= 11 is 0. The van der Waals surface area contributed by atoms with Gasteiger partial charge in [-0.15, -0.1) is 0 Å². The van der Waals surface area contributed by atoms with Crippen LogP contribution in [0.25, 0.3) is 10.8 Å². The number of anilines is 1. The molecule has 1 heterocycles. The van der Waals surface area contributed by atoms with E-state index in [0.717, 1.165) is 18.8 Å². The van der Waals surface area contributed by atoms with Crippen LogP contribution < -0.4 is 10.4 Å². The number of hydrazine groups is 1. The quantitative estimate of drug-likeness (QED) is 0.755. The van der Waals surface area contributed by atoms with Crippen molar-refractivity contribution in [3.8, 4) is 0 Å².